The number of rotatable bonds is 5. The van der Waals surface area contributed by atoms with E-state index >= 15 is 0 Å². The molecule has 0 saturated carbocycles. The van der Waals surface area contributed by atoms with E-state index in [0.717, 1.165) is 6.61 Å². The quantitative estimate of drug-likeness (QED) is 0.577. The van der Waals surface area contributed by atoms with Crippen LogP contribution in [0.25, 0.3) is 0 Å². The molecule has 80 valence electrons. The van der Waals surface area contributed by atoms with Crippen LogP contribution in [0.3, 0.4) is 0 Å². The molecule has 1 aromatic rings. The van der Waals surface area contributed by atoms with Crippen LogP contribution in [0.2, 0.25) is 30.8 Å². The van der Waals surface area contributed by atoms with Crippen molar-refractivity contribution in [2.24, 2.45) is 0 Å². The number of nitrogens with zero attached hydrogens (tertiary/aromatic N) is 2. The molecule has 0 aromatic carbocycles. The monoisotopic (exact) mass is 232 g/mol. The summed E-state index contributed by atoms with van der Waals surface area (Å²) in [5.74, 6) is 0. The SMILES string of the molecule is C[Si](C)(C)CCOCn1nccc1Cl. The number of aromatic nitrogens is 2. The van der Waals surface area contributed by atoms with Gasteiger partial charge >= 0.3 is 0 Å². The lowest BCUT2D eigenvalue weighted by Crippen LogP contribution is -2.22. The second kappa shape index (κ2) is 4.96. The summed E-state index contributed by atoms with van der Waals surface area (Å²) in [6, 6.07) is 2.93. The zero-order valence-electron chi connectivity index (χ0n) is 8.96. The minimum absolute atomic E-state index is 0.455. The molecule has 0 aliphatic rings. The summed E-state index contributed by atoms with van der Waals surface area (Å²) in [4.78, 5) is 0. The molecule has 0 fully saturated rings. The highest BCUT2D eigenvalue weighted by Crippen LogP contribution is 2.09. The van der Waals surface area contributed by atoms with E-state index in [-0.39, 0.29) is 0 Å². The van der Waals surface area contributed by atoms with Crippen molar-refractivity contribution < 1.29 is 4.74 Å². The topological polar surface area (TPSA) is 27.1 Å². The van der Waals surface area contributed by atoms with Gasteiger partial charge in [-0.15, -0.1) is 0 Å². The normalized spacial score (nSPS) is 12.0. The molecule has 0 N–H and O–H groups in total. The van der Waals surface area contributed by atoms with Crippen LogP contribution < -0.4 is 0 Å². The Bertz CT molecular complexity index is 283. The molecular weight excluding hydrogens is 216 g/mol. The Morgan fingerprint density at radius 1 is 1.50 bits per heavy atom. The first kappa shape index (κ1) is 11.7. The molecule has 1 aromatic heterocycles. The van der Waals surface area contributed by atoms with Gasteiger partial charge in [0.05, 0.1) is 6.20 Å². The Kier molecular flexibility index (Phi) is 4.16. The molecule has 0 saturated heterocycles. The Morgan fingerprint density at radius 2 is 2.21 bits per heavy atom. The lowest BCUT2D eigenvalue weighted by molar-refractivity contribution is 0.0788. The average Bonchev–Trinajstić information content (AvgIpc) is 2.44. The Balaban J connectivity index is 2.20. The minimum Gasteiger partial charge on any atom is -0.359 e. The lowest BCUT2D eigenvalue weighted by atomic mass is 10.7. The van der Waals surface area contributed by atoms with E-state index in [1.54, 1.807) is 16.9 Å². The van der Waals surface area contributed by atoms with E-state index in [4.69, 9.17) is 16.3 Å². The van der Waals surface area contributed by atoms with Crippen LogP contribution in [0.1, 0.15) is 0 Å². The van der Waals surface area contributed by atoms with Gasteiger partial charge in [-0.25, -0.2) is 4.68 Å². The number of ether oxygens (including phenoxy) is 1. The average molecular weight is 233 g/mol. The lowest BCUT2D eigenvalue weighted by Gasteiger charge is -2.15. The van der Waals surface area contributed by atoms with Crippen LogP contribution in [-0.2, 0) is 11.5 Å². The second-order valence-corrected chi connectivity index (χ2v) is 10.5. The third-order valence-electron chi connectivity index (χ3n) is 1.87. The summed E-state index contributed by atoms with van der Waals surface area (Å²) >= 11 is 5.84. The fraction of sp³-hybridized carbons (Fsp3) is 0.667. The van der Waals surface area contributed by atoms with E-state index in [9.17, 15) is 0 Å². The highest BCUT2D eigenvalue weighted by Gasteiger charge is 2.12. The van der Waals surface area contributed by atoms with Crippen LogP contribution in [0.4, 0.5) is 0 Å². The number of hydrogen-bond donors (Lipinski definition) is 0. The van der Waals surface area contributed by atoms with Crippen LogP contribution in [0.5, 0.6) is 0 Å². The highest BCUT2D eigenvalue weighted by atomic mass is 35.5. The smallest absolute Gasteiger partial charge is 0.141 e. The highest BCUT2D eigenvalue weighted by molar-refractivity contribution is 6.76. The predicted octanol–water partition coefficient (Wildman–Crippen LogP) is 2.85. The van der Waals surface area contributed by atoms with E-state index in [1.165, 1.54) is 6.04 Å². The molecule has 0 unspecified atom stereocenters. The fourth-order valence-electron chi connectivity index (χ4n) is 0.941. The molecule has 0 aliphatic heterocycles. The van der Waals surface area contributed by atoms with Crippen molar-refractivity contribution >= 4 is 19.7 Å². The molecule has 0 amide bonds. The molecule has 0 bridgehead atoms. The van der Waals surface area contributed by atoms with Gasteiger partial charge in [0, 0.05) is 14.7 Å². The molecule has 0 radical (unpaired) electrons. The first-order valence-corrected chi connectivity index (χ1v) is 8.82. The molecular formula is C9H17ClN2OSi. The van der Waals surface area contributed by atoms with Crippen molar-refractivity contribution in [3.63, 3.8) is 0 Å². The molecule has 5 heteroatoms. The summed E-state index contributed by atoms with van der Waals surface area (Å²) in [5, 5.41) is 4.64. The first-order chi connectivity index (χ1) is 6.49. The Labute approximate surface area is 91.0 Å². The van der Waals surface area contributed by atoms with Gasteiger partial charge < -0.3 is 4.74 Å². The van der Waals surface area contributed by atoms with Crippen molar-refractivity contribution in [1.82, 2.24) is 9.78 Å². The van der Waals surface area contributed by atoms with Gasteiger partial charge in [0.2, 0.25) is 0 Å². The third kappa shape index (κ3) is 4.26. The predicted molar refractivity (Wildman–Crippen MR) is 61.3 cm³/mol. The van der Waals surface area contributed by atoms with Crippen molar-refractivity contribution in [2.75, 3.05) is 6.61 Å². The van der Waals surface area contributed by atoms with Crippen LogP contribution in [0, 0.1) is 0 Å². The van der Waals surface area contributed by atoms with Gasteiger partial charge in [-0.2, -0.15) is 5.10 Å². The van der Waals surface area contributed by atoms with E-state index in [2.05, 4.69) is 24.7 Å². The maximum absolute atomic E-state index is 5.84. The standard InChI is InChI=1S/C9H17ClN2OSi/c1-14(2,3)7-6-13-8-12-9(10)4-5-11-12/h4-5H,6-8H2,1-3H3. The van der Waals surface area contributed by atoms with E-state index < -0.39 is 8.07 Å². The van der Waals surface area contributed by atoms with E-state index in [0.29, 0.717) is 11.9 Å². The Hall–Kier alpha value is -0.323. The van der Waals surface area contributed by atoms with Gasteiger partial charge in [0.1, 0.15) is 11.9 Å². The van der Waals surface area contributed by atoms with E-state index in [1.807, 2.05) is 0 Å². The second-order valence-electron chi connectivity index (χ2n) is 4.50. The number of halogens is 1. The zero-order chi connectivity index (χ0) is 10.6. The van der Waals surface area contributed by atoms with Crippen molar-refractivity contribution in [3.8, 4) is 0 Å². The largest absolute Gasteiger partial charge is 0.359 e. The van der Waals surface area contributed by atoms with Crippen LogP contribution >= 0.6 is 11.6 Å². The summed E-state index contributed by atoms with van der Waals surface area (Å²) in [7, 11) is -0.981. The molecule has 14 heavy (non-hydrogen) atoms. The molecule has 1 heterocycles. The van der Waals surface area contributed by atoms with Gasteiger partial charge in [0.15, 0.2) is 0 Å². The van der Waals surface area contributed by atoms with Crippen molar-refractivity contribution in [1.29, 1.82) is 0 Å². The Morgan fingerprint density at radius 3 is 2.71 bits per heavy atom. The molecule has 0 aliphatic carbocycles. The summed E-state index contributed by atoms with van der Waals surface area (Å²) in [6.45, 7) is 8.24. The van der Waals surface area contributed by atoms with Crippen LogP contribution in [-0.4, -0.2) is 24.5 Å². The number of hydrogen-bond acceptors (Lipinski definition) is 2. The van der Waals surface area contributed by atoms with Gasteiger partial charge in [0.25, 0.3) is 0 Å². The van der Waals surface area contributed by atoms with Crippen molar-refractivity contribution in [3.05, 3.63) is 17.4 Å². The summed E-state index contributed by atoms with van der Waals surface area (Å²) < 4.78 is 7.13. The van der Waals surface area contributed by atoms with Gasteiger partial charge in [-0.1, -0.05) is 31.2 Å². The van der Waals surface area contributed by atoms with Gasteiger partial charge in [-0.05, 0) is 12.1 Å². The van der Waals surface area contributed by atoms with Gasteiger partial charge in [-0.3, -0.25) is 0 Å². The summed E-state index contributed by atoms with van der Waals surface area (Å²) in [5.41, 5.74) is 0. The fourth-order valence-corrected chi connectivity index (χ4v) is 1.85. The third-order valence-corrected chi connectivity index (χ3v) is 3.90. The maximum Gasteiger partial charge on any atom is 0.141 e. The maximum atomic E-state index is 5.84. The van der Waals surface area contributed by atoms with Crippen molar-refractivity contribution in [2.45, 2.75) is 32.4 Å². The minimum atomic E-state index is -0.981. The molecule has 0 atom stereocenters. The molecule has 3 nitrogen and oxygen atoms in total. The molecule has 1 rings (SSSR count). The molecule has 0 spiro atoms. The van der Waals surface area contributed by atoms with Crippen LogP contribution in [0.15, 0.2) is 12.3 Å². The summed E-state index contributed by atoms with van der Waals surface area (Å²) in [6.07, 6.45) is 1.67. The first-order valence-electron chi connectivity index (χ1n) is 4.74. The zero-order valence-corrected chi connectivity index (χ0v) is 10.7.